The second-order valence-electron chi connectivity index (χ2n) is 4.33. The van der Waals surface area contributed by atoms with Gasteiger partial charge >= 0.3 is 5.97 Å². The first-order valence-electron chi connectivity index (χ1n) is 6.42. The van der Waals surface area contributed by atoms with Gasteiger partial charge in [0.25, 0.3) is 0 Å². The van der Waals surface area contributed by atoms with Crippen LogP contribution in [0.5, 0.6) is 5.75 Å². The Kier molecular flexibility index (Phi) is 4.30. The molecule has 106 valence electrons. The lowest BCUT2D eigenvalue weighted by Crippen LogP contribution is -2.05. The maximum Gasteiger partial charge on any atom is 0.371 e. The number of nitrogens with one attached hydrogen (secondary N) is 1. The Morgan fingerprint density at radius 3 is 2.55 bits per heavy atom. The maximum atomic E-state index is 10.8. The van der Waals surface area contributed by atoms with E-state index in [4.69, 9.17) is 14.3 Å². The molecule has 20 heavy (non-hydrogen) atoms. The summed E-state index contributed by atoms with van der Waals surface area (Å²) in [5, 5.41) is 12.1. The molecule has 0 fully saturated rings. The number of carboxylic acid groups (broad SMARTS) is 1. The molecule has 5 heteroatoms. The number of benzene rings is 1. The summed E-state index contributed by atoms with van der Waals surface area (Å²) in [6, 6.07) is 10.6. The van der Waals surface area contributed by atoms with Crippen molar-refractivity contribution in [2.24, 2.45) is 0 Å². The average molecular weight is 275 g/mol. The minimum atomic E-state index is -1.07. The summed E-state index contributed by atoms with van der Waals surface area (Å²) in [5.41, 5.74) is 0.911. The topological polar surface area (TPSA) is 71.7 Å². The quantitative estimate of drug-likeness (QED) is 0.843. The van der Waals surface area contributed by atoms with Crippen molar-refractivity contribution in [3.8, 4) is 5.75 Å². The second kappa shape index (κ2) is 6.14. The van der Waals surface area contributed by atoms with Gasteiger partial charge in [0.15, 0.2) is 0 Å². The van der Waals surface area contributed by atoms with Crippen LogP contribution in [-0.2, 0) is 0 Å². The molecule has 1 aromatic carbocycles. The minimum Gasteiger partial charge on any atom is -0.494 e. The van der Waals surface area contributed by atoms with Gasteiger partial charge in [0.2, 0.25) is 5.76 Å². The molecule has 0 spiro atoms. The van der Waals surface area contributed by atoms with Crippen molar-refractivity contribution in [1.29, 1.82) is 0 Å². The predicted octanol–water partition coefficient (Wildman–Crippen LogP) is 3.55. The monoisotopic (exact) mass is 275 g/mol. The van der Waals surface area contributed by atoms with Gasteiger partial charge in [-0.1, -0.05) is 0 Å². The Morgan fingerprint density at radius 2 is 2.00 bits per heavy atom. The van der Waals surface area contributed by atoms with Gasteiger partial charge in [-0.25, -0.2) is 4.79 Å². The van der Waals surface area contributed by atoms with Crippen molar-refractivity contribution >= 4 is 11.7 Å². The molecular formula is C15H17NO4. The van der Waals surface area contributed by atoms with Crippen LogP contribution in [0.2, 0.25) is 0 Å². The van der Waals surface area contributed by atoms with E-state index in [2.05, 4.69) is 5.32 Å². The van der Waals surface area contributed by atoms with Gasteiger partial charge < -0.3 is 19.6 Å². The first-order chi connectivity index (χ1) is 9.60. The molecule has 2 N–H and O–H groups in total. The molecule has 0 amide bonds. The summed E-state index contributed by atoms with van der Waals surface area (Å²) in [7, 11) is 0. The third kappa shape index (κ3) is 3.32. The van der Waals surface area contributed by atoms with Crippen LogP contribution in [0, 0.1) is 0 Å². The van der Waals surface area contributed by atoms with E-state index >= 15 is 0 Å². The van der Waals surface area contributed by atoms with E-state index in [0.717, 1.165) is 11.4 Å². The van der Waals surface area contributed by atoms with Gasteiger partial charge in [0, 0.05) is 5.69 Å². The fourth-order valence-electron chi connectivity index (χ4n) is 1.84. The molecule has 1 atom stereocenters. The number of ether oxygens (including phenoxy) is 1. The van der Waals surface area contributed by atoms with Crippen molar-refractivity contribution in [2.45, 2.75) is 19.9 Å². The molecule has 0 aliphatic carbocycles. The van der Waals surface area contributed by atoms with E-state index in [0.29, 0.717) is 12.4 Å². The number of carbonyl (C=O) groups is 1. The summed E-state index contributed by atoms with van der Waals surface area (Å²) in [4.78, 5) is 10.8. The van der Waals surface area contributed by atoms with Crippen LogP contribution in [0.25, 0.3) is 0 Å². The highest BCUT2D eigenvalue weighted by molar-refractivity contribution is 5.84. The van der Waals surface area contributed by atoms with E-state index in [-0.39, 0.29) is 11.8 Å². The molecule has 0 saturated heterocycles. The lowest BCUT2D eigenvalue weighted by molar-refractivity contribution is 0.0660. The number of anilines is 1. The van der Waals surface area contributed by atoms with Crippen LogP contribution in [0.4, 0.5) is 5.69 Å². The zero-order valence-electron chi connectivity index (χ0n) is 11.4. The number of hydrogen-bond acceptors (Lipinski definition) is 4. The Balaban J connectivity index is 2.02. The third-order valence-corrected chi connectivity index (χ3v) is 2.81. The summed E-state index contributed by atoms with van der Waals surface area (Å²) >= 11 is 0. The Hall–Kier alpha value is -2.43. The van der Waals surface area contributed by atoms with Gasteiger partial charge in [-0.05, 0) is 50.2 Å². The van der Waals surface area contributed by atoms with Crippen LogP contribution in [0.1, 0.15) is 36.2 Å². The average Bonchev–Trinajstić information content (AvgIpc) is 2.91. The summed E-state index contributed by atoms with van der Waals surface area (Å²) in [6.45, 7) is 4.47. The largest absolute Gasteiger partial charge is 0.494 e. The fraction of sp³-hybridized carbons (Fsp3) is 0.267. The minimum absolute atomic E-state index is 0.0552. The van der Waals surface area contributed by atoms with Gasteiger partial charge in [-0.2, -0.15) is 0 Å². The fourth-order valence-corrected chi connectivity index (χ4v) is 1.84. The number of hydrogen-bond donors (Lipinski definition) is 2. The molecule has 1 aromatic heterocycles. The van der Waals surface area contributed by atoms with Crippen molar-refractivity contribution in [3.63, 3.8) is 0 Å². The molecule has 0 bridgehead atoms. The van der Waals surface area contributed by atoms with Crippen LogP contribution < -0.4 is 10.1 Å². The van der Waals surface area contributed by atoms with Crippen molar-refractivity contribution < 1.29 is 19.1 Å². The molecular weight excluding hydrogens is 258 g/mol. The number of aromatic carboxylic acids is 1. The van der Waals surface area contributed by atoms with Crippen LogP contribution in [0.3, 0.4) is 0 Å². The SMILES string of the molecule is CCOc1ccc(NC(C)c2ccc(C(=O)O)o2)cc1. The second-order valence-corrected chi connectivity index (χ2v) is 4.33. The summed E-state index contributed by atoms with van der Waals surface area (Å²) in [6.07, 6.45) is 0. The summed E-state index contributed by atoms with van der Waals surface area (Å²) in [5.74, 6) is 0.276. The zero-order valence-corrected chi connectivity index (χ0v) is 11.4. The number of carboxylic acids is 1. The predicted molar refractivity (Wildman–Crippen MR) is 75.3 cm³/mol. The van der Waals surface area contributed by atoms with Crippen molar-refractivity contribution in [1.82, 2.24) is 0 Å². The Bertz CT molecular complexity index is 574. The highest BCUT2D eigenvalue weighted by Gasteiger charge is 2.14. The Morgan fingerprint density at radius 1 is 1.30 bits per heavy atom. The smallest absolute Gasteiger partial charge is 0.371 e. The highest BCUT2D eigenvalue weighted by Crippen LogP contribution is 2.23. The molecule has 1 heterocycles. The Labute approximate surface area is 117 Å². The third-order valence-electron chi connectivity index (χ3n) is 2.81. The van der Waals surface area contributed by atoms with Gasteiger partial charge in [0.1, 0.15) is 11.5 Å². The highest BCUT2D eigenvalue weighted by atomic mass is 16.5. The van der Waals surface area contributed by atoms with E-state index < -0.39 is 5.97 Å². The molecule has 0 aliphatic rings. The van der Waals surface area contributed by atoms with E-state index in [1.54, 1.807) is 6.07 Å². The molecule has 0 radical (unpaired) electrons. The lowest BCUT2D eigenvalue weighted by Gasteiger charge is -2.13. The molecule has 5 nitrogen and oxygen atoms in total. The molecule has 1 unspecified atom stereocenters. The zero-order chi connectivity index (χ0) is 14.5. The van der Waals surface area contributed by atoms with E-state index in [1.165, 1.54) is 6.07 Å². The van der Waals surface area contributed by atoms with E-state index in [1.807, 2.05) is 38.1 Å². The molecule has 0 saturated carbocycles. The first-order valence-corrected chi connectivity index (χ1v) is 6.42. The van der Waals surface area contributed by atoms with Crippen LogP contribution >= 0.6 is 0 Å². The van der Waals surface area contributed by atoms with Gasteiger partial charge in [-0.3, -0.25) is 0 Å². The molecule has 2 aromatic rings. The van der Waals surface area contributed by atoms with Gasteiger partial charge in [0.05, 0.1) is 12.6 Å². The maximum absolute atomic E-state index is 10.8. The van der Waals surface area contributed by atoms with E-state index in [9.17, 15) is 4.79 Å². The van der Waals surface area contributed by atoms with Crippen molar-refractivity contribution in [2.75, 3.05) is 11.9 Å². The van der Waals surface area contributed by atoms with Crippen LogP contribution in [-0.4, -0.2) is 17.7 Å². The van der Waals surface area contributed by atoms with Crippen molar-refractivity contribution in [3.05, 3.63) is 47.9 Å². The number of furan rings is 1. The first kappa shape index (κ1) is 14.0. The van der Waals surface area contributed by atoms with Gasteiger partial charge in [-0.15, -0.1) is 0 Å². The molecule has 0 aliphatic heterocycles. The normalized spacial score (nSPS) is 11.9. The summed E-state index contributed by atoms with van der Waals surface area (Å²) < 4.78 is 10.6. The number of rotatable bonds is 6. The standard InChI is InChI=1S/C15H17NO4/c1-3-19-12-6-4-11(5-7-12)16-10(2)13-8-9-14(20-13)15(17)18/h4-10,16H,3H2,1-2H3,(H,17,18). The van der Waals surface area contributed by atoms with Crippen LogP contribution in [0.15, 0.2) is 40.8 Å². The lowest BCUT2D eigenvalue weighted by atomic mass is 10.2. The molecule has 2 rings (SSSR count).